The molecule has 1 amide bonds. The minimum Gasteiger partial charge on any atom is -0.497 e. The summed E-state index contributed by atoms with van der Waals surface area (Å²) in [6.45, 7) is 5.33. The summed E-state index contributed by atoms with van der Waals surface area (Å²) in [4.78, 5) is 32.9. The molecule has 0 fully saturated rings. The van der Waals surface area contributed by atoms with Gasteiger partial charge in [0.1, 0.15) is 35.0 Å². The average Bonchev–Trinajstić information content (AvgIpc) is 3.52. The number of fused-ring (bicyclic) bond motifs is 2. The van der Waals surface area contributed by atoms with E-state index in [1.54, 1.807) is 25.0 Å². The maximum atomic E-state index is 13.0. The first-order valence-corrected chi connectivity index (χ1v) is 14.2. The molecule has 2 heterocycles. The number of methoxy groups -OCH3 is 1. The third kappa shape index (κ3) is 5.95. The molecule has 0 radical (unpaired) electrons. The minimum absolute atomic E-state index is 0.138. The fourth-order valence-electron chi connectivity index (χ4n) is 4.96. The lowest BCUT2D eigenvalue weighted by Gasteiger charge is -2.16. The van der Waals surface area contributed by atoms with Crippen molar-refractivity contribution in [2.24, 2.45) is 5.16 Å². The van der Waals surface area contributed by atoms with Crippen LogP contribution in [0.2, 0.25) is 0 Å². The Morgan fingerprint density at radius 1 is 0.929 bits per heavy atom. The van der Waals surface area contributed by atoms with E-state index in [0.717, 1.165) is 36.1 Å². The van der Waals surface area contributed by atoms with Crippen LogP contribution in [0.5, 0.6) is 11.5 Å². The summed E-state index contributed by atoms with van der Waals surface area (Å²) in [5, 5.41) is 4.68. The molecule has 1 aliphatic heterocycles. The number of carbonyl (C=O) groups is 2. The molecule has 0 atom stereocenters. The maximum absolute atomic E-state index is 13.0. The normalized spacial score (nSPS) is 13.5. The van der Waals surface area contributed by atoms with Gasteiger partial charge in [0.25, 0.3) is 5.91 Å². The number of para-hydroxylation sites is 1. The van der Waals surface area contributed by atoms with Crippen molar-refractivity contribution in [3.63, 3.8) is 0 Å². The molecule has 5 rings (SSSR count). The third-order valence-electron chi connectivity index (χ3n) is 6.97. The van der Waals surface area contributed by atoms with Gasteiger partial charge in [0.15, 0.2) is 5.71 Å². The van der Waals surface area contributed by atoms with Crippen LogP contribution in [-0.2, 0) is 14.4 Å². The number of esters is 1. The molecule has 0 aliphatic carbocycles. The zero-order chi connectivity index (χ0) is 29.5. The van der Waals surface area contributed by atoms with Gasteiger partial charge in [0, 0.05) is 23.1 Å². The van der Waals surface area contributed by atoms with E-state index in [2.05, 4.69) is 5.16 Å². The Labute approximate surface area is 244 Å². The first-order valence-electron chi connectivity index (χ1n) is 14.2. The van der Waals surface area contributed by atoms with Crippen LogP contribution in [0.3, 0.4) is 0 Å². The van der Waals surface area contributed by atoms with Gasteiger partial charge < -0.3 is 28.4 Å². The number of oxime groups is 1. The maximum Gasteiger partial charge on any atom is 0.342 e. The van der Waals surface area contributed by atoms with Crippen LogP contribution in [0.4, 0.5) is 5.69 Å². The number of rotatable bonds is 13. The highest BCUT2D eigenvalue weighted by molar-refractivity contribution is 6.54. The lowest BCUT2D eigenvalue weighted by atomic mass is 10.1. The largest absolute Gasteiger partial charge is 0.497 e. The van der Waals surface area contributed by atoms with Gasteiger partial charge in [-0.15, -0.1) is 0 Å². The lowest BCUT2D eigenvalue weighted by Crippen LogP contribution is -2.31. The molecule has 1 aliphatic rings. The Balaban J connectivity index is 1.21. The predicted octanol–water partition coefficient (Wildman–Crippen LogP) is 6.62. The Morgan fingerprint density at radius 2 is 1.71 bits per heavy atom. The Hall–Kier alpha value is -4.79. The van der Waals surface area contributed by atoms with Gasteiger partial charge in [-0.05, 0) is 81.6 Å². The molecular formula is C33H34N2O7. The molecule has 0 N–H and O–H groups in total. The number of unbranched alkanes of at least 4 members (excludes halogenated alkanes) is 2. The number of furan rings is 1. The van der Waals surface area contributed by atoms with Crippen LogP contribution < -0.4 is 14.4 Å². The molecule has 0 saturated heterocycles. The zero-order valence-electron chi connectivity index (χ0n) is 24.1. The minimum atomic E-state index is -0.452. The topological polar surface area (TPSA) is 99.8 Å². The second kappa shape index (κ2) is 13.2. The van der Waals surface area contributed by atoms with Crippen LogP contribution >= 0.6 is 0 Å². The van der Waals surface area contributed by atoms with Crippen molar-refractivity contribution in [3.8, 4) is 22.8 Å². The lowest BCUT2D eigenvalue weighted by molar-refractivity contribution is -0.112. The number of nitrogens with zero attached hydrogens (tertiary/aromatic N) is 2. The Kier molecular flexibility index (Phi) is 9.06. The van der Waals surface area contributed by atoms with Crippen molar-refractivity contribution in [1.82, 2.24) is 0 Å². The number of anilines is 1. The molecule has 0 spiro atoms. The summed E-state index contributed by atoms with van der Waals surface area (Å²) in [5.41, 5.74) is 3.68. The first kappa shape index (κ1) is 28.7. The third-order valence-corrected chi connectivity index (χ3v) is 6.97. The van der Waals surface area contributed by atoms with E-state index < -0.39 is 5.97 Å². The summed E-state index contributed by atoms with van der Waals surface area (Å²) in [7, 11) is 1.60. The molecule has 42 heavy (non-hydrogen) atoms. The van der Waals surface area contributed by atoms with E-state index in [0.29, 0.717) is 59.3 Å². The molecule has 0 unspecified atom stereocenters. The van der Waals surface area contributed by atoms with Gasteiger partial charge in [0.05, 0.1) is 26.0 Å². The molecule has 0 bridgehead atoms. The second-order valence-electron chi connectivity index (χ2n) is 9.65. The van der Waals surface area contributed by atoms with Crippen molar-refractivity contribution in [2.75, 3.05) is 38.4 Å². The molecule has 3 aromatic carbocycles. The molecule has 1 aromatic heterocycles. The molecule has 9 heteroatoms. The summed E-state index contributed by atoms with van der Waals surface area (Å²) in [6, 6.07) is 20.4. The number of hydrogen-bond donors (Lipinski definition) is 0. The monoisotopic (exact) mass is 570 g/mol. The summed E-state index contributed by atoms with van der Waals surface area (Å²) >= 11 is 0. The molecule has 4 aromatic rings. The van der Waals surface area contributed by atoms with Crippen molar-refractivity contribution in [3.05, 3.63) is 77.9 Å². The summed E-state index contributed by atoms with van der Waals surface area (Å²) < 4.78 is 22.8. The van der Waals surface area contributed by atoms with Gasteiger partial charge in [-0.25, -0.2) is 4.79 Å². The summed E-state index contributed by atoms with van der Waals surface area (Å²) in [6.07, 6.45) is 2.48. The van der Waals surface area contributed by atoms with Gasteiger partial charge >= 0.3 is 5.97 Å². The highest BCUT2D eigenvalue weighted by Gasteiger charge is 2.34. The van der Waals surface area contributed by atoms with Crippen molar-refractivity contribution >= 4 is 34.2 Å². The quantitative estimate of drug-likeness (QED) is 0.101. The number of ether oxygens (including phenoxy) is 3. The average molecular weight is 571 g/mol. The number of carbonyl (C=O) groups excluding carboxylic acids is 2. The van der Waals surface area contributed by atoms with E-state index in [1.807, 2.05) is 67.6 Å². The van der Waals surface area contributed by atoms with Gasteiger partial charge in [0.2, 0.25) is 0 Å². The van der Waals surface area contributed by atoms with Gasteiger partial charge in [-0.2, -0.15) is 0 Å². The van der Waals surface area contributed by atoms with E-state index in [1.165, 1.54) is 0 Å². The highest BCUT2D eigenvalue weighted by Crippen LogP contribution is 2.37. The van der Waals surface area contributed by atoms with E-state index in [9.17, 15) is 9.59 Å². The van der Waals surface area contributed by atoms with E-state index in [-0.39, 0.29) is 12.5 Å². The van der Waals surface area contributed by atoms with E-state index in [4.69, 9.17) is 23.5 Å². The second-order valence-corrected chi connectivity index (χ2v) is 9.65. The van der Waals surface area contributed by atoms with Gasteiger partial charge in [-0.1, -0.05) is 23.4 Å². The van der Waals surface area contributed by atoms with Crippen molar-refractivity contribution in [2.45, 2.75) is 33.1 Å². The van der Waals surface area contributed by atoms with Crippen LogP contribution in [0.15, 0.2) is 76.3 Å². The Morgan fingerprint density at radius 3 is 2.48 bits per heavy atom. The fraction of sp³-hybridized carbons (Fsp3) is 0.303. The Bertz CT molecular complexity index is 1590. The fourth-order valence-corrected chi connectivity index (χ4v) is 4.96. The van der Waals surface area contributed by atoms with Crippen LogP contribution in [-0.4, -0.2) is 51.1 Å². The number of hydrogen-bond acceptors (Lipinski definition) is 8. The zero-order valence-corrected chi connectivity index (χ0v) is 24.1. The van der Waals surface area contributed by atoms with E-state index >= 15 is 0 Å². The molecule has 0 saturated carbocycles. The SMILES string of the molecule is CCO/N=C1/C(=O)N(CCCCCOc2ccc3oc(-c4ccc(OC)cc4)c(C(=O)OCC)c3c2)c2ccccc21. The smallest absolute Gasteiger partial charge is 0.342 e. The molecule has 218 valence electrons. The van der Waals surface area contributed by atoms with Crippen LogP contribution in [0, 0.1) is 0 Å². The standard InChI is InChI=1S/C33H34N2O7/c1-4-39-33(37)29-26-21-24(17-18-28(26)42-31(29)22-13-15-23(38-3)16-14-22)40-20-10-6-9-19-35-27-12-8-7-11-25(27)30(32(35)36)34-41-5-2/h7-8,11-18,21H,4-6,9-10,19-20H2,1-3H3/b34-30+. The molecular weight excluding hydrogens is 536 g/mol. The van der Waals surface area contributed by atoms with Crippen LogP contribution in [0.1, 0.15) is 49.0 Å². The van der Waals surface area contributed by atoms with Crippen molar-refractivity contribution in [1.29, 1.82) is 0 Å². The van der Waals surface area contributed by atoms with Gasteiger partial charge in [-0.3, -0.25) is 4.79 Å². The number of amides is 1. The predicted molar refractivity (Wildman–Crippen MR) is 160 cm³/mol. The molecule has 9 nitrogen and oxygen atoms in total. The summed E-state index contributed by atoms with van der Waals surface area (Å²) in [5.74, 6) is 1.19. The van der Waals surface area contributed by atoms with Crippen molar-refractivity contribution < 1.29 is 33.1 Å². The number of benzene rings is 3. The first-order chi connectivity index (χ1) is 20.5. The van der Waals surface area contributed by atoms with Crippen LogP contribution in [0.25, 0.3) is 22.3 Å². The highest BCUT2D eigenvalue weighted by atomic mass is 16.6.